The van der Waals surface area contributed by atoms with Crippen LogP contribution in [0.2, 0.25) is 0 Å². The summed E-state index contributed by atoms with van der Waals surface area (Å²) in [4.78, 5) is 49.5. The molecule has 0 radical (unpaired) electrons. The number of benzene rings is 2. The molecule has 0 fully saturated rings. The van der Waals surface area contributed by atoms with Crippen LogP contribution in [0.5, 0.6) is 23.0 Å². The van der Waals surface area contributed by atoms with Gasteiger partial charge in [0.05, 0.1) is 7.11 Å². The Labute approximate surface area is 221 Å². The fourth-order valence-corrected chi connectivity index (χ4v) is 3.74. The molecule has 5 N–H and O–H groups in total. The molecule has 0 aliphatic rings. The van der Waals surface area contributed by atoms with E-state index in [1.165, 1.54) is 19.2 Å². The quantitative estimate of drug-likeness (QED) is 0.116. The normalized spacial score (nSPS) is 11.9. The Hall–Kier alpha value is -3.19. The van der Waals surface area contributed by atoms with Gasteiger partial charge >= 0.3 is 15.6 Å². The smallest absolute Gasteiger partial charge is 0.472 e. The van der Waals surface area contributed by atoms with Crippen molar-refractivity contribution in [2.24, 2.45) is 0 Å². The SMILES string of the molecule is COc1ccc(-c2oc3c(CC=C(C)C)c(OCOP(=O)(O)O)cc(O)c3c(=O)c2OCOP(=O)(O)O)cc1. The molecule has 3 aromatic rings. The lowest BCUT2D eigenvalue weighted by Crippen LogP contribution is -2.13. The van der Waals surface area contributed by atoms with Crippen LogP contribution in [0.3, 0.4) is 0 Å². The Morgan fingerprint density at radius 2 is 1.56 bits per heavy atom. The lowest BCUT2D eigenvalue weighted by atomic mass is 10.0. The van der Waals surface area contributed by atoms with E-state index in [2.05, 4.69) is 9.05 Å². The number of methoxy groups -OCH3 is 1. The molecule has 3 rings (SSSR count). The van der Waals surface area contributed by atoms with E-state index in [9.17, 15) is 19.0 Å². The molecule has 0 atom stereocenters. The van der Waals surface area contributed by atoms with E-state index < -0.39 is 46.2 Å². The van der Waals surface area contributed by atoms with Gasteiger partial charge in [0, 0.05) is 17.2 Å². The third-order valence-corrected chi connectivity index (χ3v) is 5.98. The van der Waals surface area contributed by atoms with Crippen molar-refractivity contribution in [1.82, 2.24) is 0 Å². The fraction of sp³-hybridized carbons (Fsp3) is 0.261. The van der Waals surface area contributed by atoms with Crippen LogP contribution < -0.4 is 19.6 Å². The summed E-state index contributed by atoms with van der Waals surface area (Å²) >= 11 is 0. The molecule has 0 unspecified atom stereocenters. The summed E-state index contributed by atoms with van der Waals surface area (Å²) in [6.45, 7) is 1.72. The van der Waals surface area contributed by atoms with Gasteiger partial charge < -0.3 is 43.3 Å². The first-order valence-electron chi connectivity index (χ1n) is 11.0. The number of phosphoric ester groups is 2. The molecule has 0 aliphatic heterocycles. The number of phosphoric acid groups is 2. The molecule has 1 heterocycles. The minimum atomic E-state index is -4.94. The van der Waals surface area contributed by atoms with Gasteiger partial charge in [0.15, 0.2) is 12.6 Å². The van der Waals surface area contributed by atoms with Crippen LogP contribution in [-0.2, 0) is 24.6 Å². The Balaban J connectivity index is 2.28. The van der Waals surface area contributed by atoms with E-state index in [0.29, 0.717) is 11.3 Å². The van der Waals surface area contributed by atoms with Crippen LogP contribution >= 0.6 is 15.6 Å². The monoisotopic (exact) mass is 588 g/mol. The van der Waals surface area contributed by atoms with E-state index in [0.717, 1.165) is 11.6 Å². The van der Waals surface area contributed by atoms with Crippen LogP contribution in [0.4, 0.5) is 0 Å². The first-order valence-corrected chi connectivity index (χ1v) is 14.1. The lowest BCUT2D eigenvalue weighted by Gasteiger charge is -2.17. The Morgan fingerprint density at radius 1 is 0.974 bits per heavy atom. The summed E-state index contributed by atoms with van der Waals surface area (Å²) in [6.07, 6.45) is 1.87. The highest BCUT2D eigenvalue weighted by Crippen LogP contribution is 2.42. The molecular weight excluding hydrogens is 562 g/mol. The molecule has 2 aromatic carbocycles. The predicted molar refractivity (Wildman–Crippen MR) is 137 cm³/mol. The second kappa shape index (κ2) is 12.3. The van der Waals surface area contributed by atoms with E-state index >= 15 is 0 Å². The summed E-state index contributed by atoms with van der Waals surface area (Å²) in [6, 6.07) is 7.23. The molecule has 0 spiro atoms. The lowest BCUT2D eigenvalue weighted by molar-refractivity contribution is 0.0800. The summed E-state index contributed by atoms with van der Waals surface area (Å²) < 4.78 is 52.7. The van der Waals surface area contributed by atoms with Crippen molar-refractivity contribution in [2.75, 3.05) is 20.7 Å². The van der Waals surface area contributed by atoms with Gasteiger partial charge in [0.1, 0.15) is 28.2 Å². The number of aromatic hydroxyl groups is 1. The summed E-state index contributed by atoms with van der Waals surface area (Å²) in [5.41, 5.74) is 0.358. The second-order valence-corrected chi connectivity index (χ2v) is 10.6. The van der Waals surface area contributed by atoms with Crippen LogP contribution in [0.25, 0.3) is 22.3 Å². The predicted octanol–water partition coefficient (Wildman–Crippen LogP) is 3.57. The van der Waals surface area contributed by atoms with Crippen molar-refractivity contribution in [1.29, 1.82) is 0 Å². The highest BCUT2D eigenvalue weighted by molar-refractivity contribution is 7.46. The number of phenolic OH excluding ortho intramolecular Hbond substituents is 1. The van der Waals surface area contributed by atoms with E-state index in [-0.39, 0.29) is 34.5 Å². The van der Waals surface area contributed by atoms with Gasteiger partial charge in [-0.25, -0.2) is 18.2 Å². The van der Waals surface area contributed by atoms with Gasteiger partial charge in [-0.05, 0) is 44.5 Å². The third-order valence-electron chi connectivity index (χ3n) is 5.09. The molecule has 0 aliphatic carbocycles. The highest BCUT2D eigenvalue weighted by Gasteiger charge is 2.26. The van der Waals surface area contributed by atoms with Gasteiger partial charge in [-0.1, -0.05) is 11.6 Å². The maximum atomic E-state index is 13.6. The van der Waals surface area contributed by atoms with Gasteiger partial charge in [-0.2, -0.15) is 0 Å². The second-order valence-electron chi connectivity index (χ2n) is 8.14. The largest absolute Gasteiger partial charge is 0.507 e. The van der Waals surface area contributed by atoms with Gasteiger partial charge in [-0.3, -0.25) is 4.79 Å². The summed E-state index contributed by atoms with van der Waals surface area (Å²) in [5, 5.41) is 10.4. The van der Waals surface area contributed by atoms with Crippen LogP contribution in [0, 0.1) is 0 Å². The molecule has 14 nitrogen and oxygen atoms in total. The molecule has 0 saturated heterocycles. The fourth-order valence-electron chi connectivity index (χ4n) is 3.36. The van der Waals surface area contributed by atoms with Crippen molar-refractivity contribution in [3.8, 4) is 34.3 Å². The highest BCUT2D eigenvalue weighted by atomic mass is 31.2. The van der Waals surface area contributed by atoms with Crippen molar-refractivity contribution in [3.05, 3.63) is 57.8 Å². The number of allylic oxidation sites excluding steroid dienone is 2. The average molecular weight is 588 g/mol. The van der Waals surface area contributed by atoms with Crippen molar-refractivity contribution in [3.63, 3.8) is 0 Å². The zero-order valence-corrected chi connectivity index (χ0v) is 22.7. The molecular formula is C23H26O14P2. The molecule has 1 aromatic heterocycles. The Morgan fingerprint density at radius 3 is 2.10 bits per heavy atom. The summed E-state index contributed by atoms with van der Waals surface area (Å²) in [5.74, 6) is -0.924. The van der Waals surface area contributed by atoms with E-state index in [1.54, 1.807) is 18.2 Å². The van der Waals surface area contributed by atoms with Crippen molar-refractivity contribution >= 4 is 26.6 Å². The Bertz CT molecular complexity index is 1510. The number of hydrogen-bond acceptors (Lipinski definition) is 10. The Kier molecular flexibility index (Phi) is 9.60. The van der Waals surface area contributed by atoms with E-state index in [1.807, 2.05) is 13.8 Å². The minimum Gasteiger partial charge on any atom is -0.507 e. The number of hydrogen-bond donors (Lipinski definition) is 5. The first-order chi connectivity index (χ1) is 18.2. The zero-order chi connectivity index (χ0) is 29.0. The van der Waals surface area contributed by atoms with Crippen molar-refractivity contribution < 1.29 is 61.5 Å². The summed E-state index contributed by atoms with van der Waals surface area (Å²) in [7, 11) is -8.36. The molecule has 0 saturated carbocycles. The number of rotatable bonds is 12. The average Bonchev–Trinajstić information content (AvgIpc) is 2.83. The number of phenols is 1. The molecule has 212 valence electrons. The first kappa shape index (κ1) is 30.4. The maximum absolute atomic E-state index is 13.6. The van der Waals surface area contributed by atoms with Gasteiger partial charge in [-0.15, -0.1) is 0 Å². The standard InChI is InChI=1S/C23H26O14P2/c1-13(2)4-9-16-18(33-11-35-38(26,27)28)10-17(24)19-20(25)23(34-12-36-39(29,30)31)21(37-22(16)19)14-5-7-15(32-3)8-6-14/h4-8,10,24H,9,11-12H2,1-3H3,(H2,26,27,28)(H2,29,30,31). The molecule has 0 bridgehead atoms. The van der Waals surface area contributed by atoms with Crippen LogP contribution in [0.15, 0.2) is 51.2 Å². The minimum absolute atomic E-state index is 0.0896. The number of ether oxygens (including phenoxy) is 3. The number of fused-ring (bicyclic) bond motifs is 1. The molecule has 16 heteroatoms. The zero-order valence-electron chi connectivity index (χ0n) is 20.9. The van der Waals surface area contributed by atoms with Crippen molar-refractivity contribution in [2.45, 2.75) is 20.3 Å². The van der Waals surface area contributed by atoms with Gasteiger partial charge in [0.2, 0.25) is 18.0 Å². The topological polar surface area (TPSA) is 212 Å². The van der Waals surface area contributed by atoms with Gasteiger partial charge in [0.25, 0.3) is 0 Å². The molecule has 39 heavy (non-hydrogen) atoms. The maximum Gasteiger partial charge on any atom is 0.472 e. The van der Waals surface area contributed by atoms with Crippen LogP contribution in [-0.4, -0.2) is 45.4 Å². The van der Waals surface area contributed by atoms with E-state index in [4.69, 9.17) is 38.2 Å². The third kappa shape index (κ3) is 8.15. The molecule has 0 amide bonds. The van der Waals surface area contributed by atoms with Crippen LogP contribution in [0.1, 0.15) is 19.4 Å².